The van der Waals surface area contributed by atoms with Crippen molar-refractivity contribution < 1.29 is 4.79 Å². The number of carbonyl (C=O) groups is 1. The molecular formula is C16H24N2O. The van der Waals surface area contributed by atoms with Gasteiger partial charge in [0.25, 0.3) is 0 Å². The lowest BCUT2D eigenvalue weighted by molar-refractivity contribution is -0.121. The zero-order valence-electron chi connectivity index (χ0n) is 12.2. The van der Waals surface area contributed by atoms with E-state index in [1.54, 1.807) is 0 Å². The molecule has 0 bridgehead atoms. The Balaban J connectivity index is 2.49. The molecule has 104 valence electrons. The summed E-state index contributed by atoms with van der Waals surface area (Å²) in [6, 6.07) is 8.27. The fourth-order valence-electron chi connectivity index (χ4n) is 1.78. The fourth-order valence-corrected chi connectivity index (χ4v) is 1.78. The molecule has 0 aliphatic heterocycles. The molecule has 0 unspecified atom stereocenters. The predicted octanol–water partition coefficient (Wildman–Crippen LogP) is 3.67. The van der Waals surface area contributed by atoms with E-state index in [0.29, 0.717) is 6.42 Å². The number of hydrazone groups is 1. The minimum Gasteiger partial charge on any atom is -0.273 e. The van der Waals surface area contributed by atoms with Gasteiger partial charge in [0.15, 0.2) is 0 Å². The van der Waals surface area contributed by atoms with Gasteiger partial charge in [-0.1, -0.05) is 51.0 Å². The van der Waals surface area contributed by atoms with Crippen molar-refractivity contribution in [3.05, 3.63) is 35.4 Å². The number of amides is 1. The van der Waals surface area contributed by atoms with Crippen LogP contribution >= 0.6 is 0 Å². The molecule has 0 aliphatic rings. The third-order valence-electron chi connectivity index (χ3n) is 3.14. The number of carbonyl (C=O) groups excluding carboxylic acids is 1. The van der Waals surface area contributed by atoms with Crippen LogP contribution < -0.4 is 5.43 Å². The standard InChI is InChI=1S/C16H24N2O/c1-4-6-7-8-16(19)18-17-13(3)15-11-9-14(5-2)10-12-15/h9-12H,4-8H2,1-3H3,(H,18,19)/b17-13+. The van der Waals surface area contributed by atoms with Gasteiger partial charge < -0.3 is 0 Å². The summed E-state index contributed by atoms with van der Waals surface area (Å²) in [4.78, 5) is 11.5. The molecule has 1 N–H and O–H groups in total. The summed E-state index contributed by atoms with van der Waals surface area (Å²) in [5.41, 5.74) is 5.81. The topological polar surface area (TPSA) is 41.5 Å². The van der Waals surface area contributed by atoms with Crippen LogP contribution in [0, 0.1) is 0 Å². The second-order valence-electron chi connectivity index (χ2n) is 4.74. The molecule has 1 rings (SSSR count). The molecule has 19 heavy (non-hydrogen) atoms. The van der Waals surface area contributed by atoms with Crippen LogP contribution in [0.1, 0.15) is 57.6 Å². The summed E-state index contributed by atoms with van der Waals surface area (Å²) in [6.07, 6.45) is 4.74. The van der Waals surface area contributed by atoms with E-state index < -0.39 is 0 Å². The summed E-state index contributed by atoms with van der Waals surface area (Å²) in [6.45, 7) is 6.17. The normalized spacial score (nSPS) is 11.4. The highest BCUT2D eigenvalue weighted by atomic mass is 16.2. The van der Waals surface area contributed by atoms with E-state index in [1.165, 1.54) is 5.56 Å². The Hall–Kier alpha value is -1.64. The summed E-state index contributed by atoms with van der Waals surface area (Å²) < 4.78 is 0. The largest absolute Gasteiger partial charge is 0.273 e. The van der Waals surface area contributed by atoms with Crippen molar-refractivity contribution in [2.75, 3.05) is 0 Å². The van der Waals surface area contributed by atoms with Gasteiger partial charge in [-0.05, 0) is 30.9 Å². The van der Waals surface area contributed by atoms with Gasteiger partial charge in [-0.3, -0.25) is 4.79 Å². The maximum absolute atomic E-state index is 11.5. The van der Waals surface area contributed by atoms with Crippen LogP contribution in [0.4, 0.5) is 0 Å². The number of aryl methyl sites for hydroxylation is 1. The number of nitrogens with zero attached hydrogens (tertiary/aromatic N) is 1. The van der Waals surface area contributed by atoms with Crippen LogP contribution in [0.3, 0.4) is 0 Å². The maximum Gasteiger partial charge on any atom is 0.240 e. The van der Waals surface area contributed by atoms with Gasteiger partial charge in [0.1, 0.15) is 0 Å². The lowest BCUT2D eigenvalue weighted by Crippen LogP contribution is -2.18. The van der Waals surface area contributed by atoms with Gasteiger partial charge in [0.2, 0.25) is 5.91 Å². The van der Waals surface area contributed by atoms with Crippen molar-refractivity contribution in [3.8, 4) is 0 Å². The molecule has 0 saturated carbocycles. The van der Waals surface area contributed by atoms with E-state index in [9.17, 15) is 4.79 Å². The molecule has 3 heteroatoms. The van der Waals surface area contributed by atoms with Crippen molar-refractivity contribution in [1.82, 2.24) is 5.43 Å². The van der Waals surface area contributed by atoms with Gasteiger partial charge >= 0.3 is 0 Å². The number of unbranched alkanes of at least 4 members (excludes halogenated alkanes) is 2. The van der Waals surface area contributed by atoms with E-state index in [0.717, 1.165) is 37.0 Å². The summed E-state index contributed by atoms with van der Waals surface area (Å²) >= 11 is 0. The maximum atomic E-state index is 11.5. The highest BCUT2D eigenvalue weighted by Gasteiger charge is 2.01. The van der Waals surface area contributed by atoms with E-state index in [-0.39, 0.29) is 5.91 Å². The quantitative estimate of drug-likeness (QED) is 0.453. The molecule has 0 radical (unpaired) electrons. The number of hydrogen-bond acceptors (Lipinski definition) is 2. The molecule has 0 atom stereocenters. The smallest absolute Gasteiger partial charge is 0.240 e. The Labute approximate surface area is 116 Å². The second kappa shape index (κ2) is 8.46. The molecule has 3 nitrogen and oxygen atoms in total. The highest BCUT2D eigenvalue weighted by Crippen LogP contribution is 2.06. The first-order valence-electron chi connectivity index (χ1n) is 7.09. The lowest BCUT2D eigenvalue weighted by Gasteiger charge is -2.04. The summed E-state index contributed by atoms with van der Waals surface area (Å²) in [7, 11) is 0. The molecule has 0 saturated heterocycles. The minimum atomic E-state index is -0.00187. The Morgan fingerprint density at radius 2 is 1.84 bits per heavy atom. The first-order chi connectivity index (χ1) is 9.17. The second-order valence-corrected chi connectivity index (χ2v) is 4.74. The first kappa shape index (κ1) is 15.4. The molecular weight excluding hydrogens is 236 g/mol. The molecule has 0 fully saturated rings. The van der Waals surface area contributed by atoms with Crippen LogP contribution in [-0.4, -0.2) is 11.6 Å². The van der Waals surface area contributed by atoms with E-state index in [1.807, 2.05) is 19.1 Å². The van der Waals surface area contributed by atoms with Gasteiger partial charge in [0, 0.05) is 6.42 Å². The van der Waals surface area contributed by atoms with Gasteiger partial charge in [-0.15, -0.1) is 0 Å². The first-order valence-corrected chi connectivity index (χ1v) is 7.09. The molecule has 1 aromatic rings. The average Bonchev–Trinajstić information content (AvgIpc) is 2.45. The van der Waals surface area contributed by atoms with Crippen molar-refractivity contribution in [3.63, 3.8) is 0 Å². The molecule has 0 aromatic heterocycles. The number of rotatable bonds is 7. The molecule has 1 amide bonds. The van der Waals surface area contributed by atoms with E-state index in [4.69, 9.17) is 0 Å². The van der Waals surface area contributed by atoms with Crippen LogP contribution in [0.5, 0.6) is 0 Å². The monoisotopic (exact) mass is 260 g/mol. The van der Waals surface area contributed by atoms with Crippen LogP contribution in [0.25, 0.3) is 0 Å². The van der Waals surface area contributed by atoms with Crippen molar-refractivity contribution in [2.24, 2.45) is 5.10 Å². The number of hydrogen-bond donors (Lipinski definition) is 1. The minimum absolute atomic E-state index is 0.00187. The van der Waals surface area contributed by atoms with Crippen LogP contribution in [-0.2, 0) is 11.2 Å². The molecule has 0 aliphatic carbocycles. The zero-order chi connectivity index (χ0) is 14.1. The highest BCUT2D eigenvalue weighted by molar-refractivity contribution is 5.99. The van der Waals surface area contributed by atoms with Gasteiger partial charge in [0.05, 0.1) is 5.71 Å². The fraction of sp³-hybridized carbons (Fsp3) is 0.500. The zero-order valence-corrected chi connectivity index (χ0v) is 12.2. The Kier molecular flexibility index (Phi) is 6.86. The number of nitrogens with one attached hydrogen (secondary N) is 1. The molecule has 1 aromatic carbocycles. The number of benzene rings is 1. The predicted molar refractivity (Wildman–Crippen MR) is 80.3 cm³/mol. The SMILES string of the molecule is CCCCCC(=O)N/N=C(\C)c1ccc(CC)cc1. The summed E-state index contributed by atoms with van der Waals surface area (Å²) in [5.74, 6) is -0.00187. The van der Waals surface area contributed by atoms with Crippen molar-refractivity contribution >= 4 is 11.6 Å². The molecule has 0 spiro atoms. The van der Waals surface area contributed by atoms with E-state index in [2.05, 4.69) is 36.5 Å². The van der Waals surface area contributed by atoms with Gasteiger partial charge in [-0.2, -0.15) is 5.10 Å². The van der Waals surface area contributed by atoms with Crippen molar-refractivity contribution in [2.45, 2.75) is 52.9 Å². The van der Waals surface area contributed by atoms with Crippen LogP contribution in [0.2, 0.25) is 0 Å². The van der Waals surface area contributed by atoms with Crippen molar-refractivity contribution in [1.29, 1.82) is 0 Å². The van der Waals surface area contributed by atoms with E-state index >= 15 is 0 Å². The third-order valence-corrected chi connectivity index (χ3v) is 3.14. The third kappa shape index (κ3) is 5.69. The van der Waals surface area contributed by atoms with Gasteiger partial charge in [-0.25, -0.2) is 5.43 Å². The molecule has 0 heterocycles. The Morgan fingerprint density at radius 1 is 1.16 bits per heavy atom. The Bertz CT molecular complexity index is 421. The Morgan fingerprint density at radius 3 is 2.42 bits per heavy atom. The summed E-state index contributed by atoms with van der Waals surface area (Å²) in [5, 5.41) is 4.15. The lowest BCUT2D eigenvalue weighted by atomic mass is 10.1. The average molecular weight is 260 g/mol. The van der Waals surface area contributed by atoms with Crippen LogP contribution in [0.15, 0.2) is 29.4 Å².